The molecule has 2 aromatic rings. The van der Waals surface area contributed by atoms with Gasteiger partial charge in [-0.15, -0.1) is 0 Å². The van der Waals surface area contributed by atoms with Gasteiger partial charge in [-0.1, -0.05) is 17.7 Å². The maximum absolute atomic E-state index is 12.6. The molecule has 1 unspecified atom stereocenters. The van der Waals surface area contributed by atoms with Crippen LogP contribution in [0.4, 0.5) is 11.4 Å². The third-order valence-electron chi connectivity index (χ3n) is 3.75. The second kappa shape index (κ2) is 8.75. The van der Waals surface area contributed by atoms with E-state index in [2.05, 4.69) is 0 Å². The third kappa shape index (κ3) is 4.92. The van der Waals surface area contributed by atoms with Gasteiger partial charge in [0.1, 0.15) is 5.56 Å². The Balaban J connectivity index is 2.67. The Labute approximate surface area is 165 Å². The molecule has 0 fully saturated rings. The van der Waals surface area contributed by atoms with Crippen LogP contribution in [0.1, 0.15) is 24.2 Å². The van der Waals surface area contributed by atoms with Gasteiger partial charge in [0.15, 0.2) is 0 Å². The normalized spacial score (nSPS) is 12.2. The lowest BCUT2D eigenvalue weighted by Gasteiger charge is -2.17. The van der Waals surface area contributed by atoms with Crippen molar-refractivity contribution in [2.24, 2.45) is 0 Å². The van der Waals surface area contributed by atoms with Gasteiger partial charge in [-0.2, -0.15) is 8.42 Å². The fourth-order valence-corrected chi connectivity index (χ4v) is 3.45. The van der Waals surface area contributed by atoms with Crippen molar-refractivity contribution in [1.29, 1.82) is 0 Å². The number of nitro groups is 2. The second-order valence-corrected chi connectivity index (χ2v) is 7.29. The number of ether oxygens (including phenoxy) is 1. The molecule has 29 heavy (non-hydrogen) atoms. The van der Waals surface area contributed by atoms with Gasteiger partial charge in [-0.3, -0.25) is 20.2 Å². The summed E-state index contributed by atoms with van der Waals surface area (Å²) >= 11 is 0. The zero-order valence-corrected chi connectivity index (χ0v) is 16.1. The van der Waals surface area contributed by atoms with Crippen LogP contribution in [0.3, 0.4) is 0 Å². The fourth-order valence-electron chi connectivity index (χ4n) is 2.44. The van der Waals surface area contributed by atoms with E-state index in [-0.39, 0.29) is 11.5 Å². The largest absolute Gasteiger partial charge is 0.464 e. The Morgan fingerprint density at radius 2 is 1.55 bits per heavy atom. The number of aryl methyl sites for hydroxylation is 1. The average molecular weight is 424 g/mol. The van der Waals surface area contributed by atoms with Crippen LogP contribution in [0, 0.1) is 27.2 Å². The number of carbonyl (C=O) groups excluding carboxylic acids is 1. The van der Waals surface area contributed by atoms with Gasteiger partial charge in [0.25, 0.3) is 21.5 Å². The van der Waals surface area contributed by atoms with Crippen LogP contribution in [0.15, 0.2) is 47.4 Å². The molecule has 0 amide bonds. The van der Waals surface area contributed by atoms with Gasteiger partial charge in [0.05, 0.1) is 21.3 Å². The van der Waals surface area contributed by atoms with Crippen LogP contribution in [0.5, 0.6) is 0 Å². The van der Waals surface area contributed by atoms with Crippen molar-refractivity contribution in [3.05, 3.63) is 73.8 Å². The molecule has 2 aromatic carbocycles. The summed E-state index contributed by atoms with van der Waals surface area (Å²) in [6.07, 6.45) is -2.25. The molecule has 12 heteroatoms. The number of benzene rings is 2. The van der Waals surface area contributed by atoms with E-state index in [1.807, 2.05) is 0 Å². The highest BCUT2D eigenvalue weighted by Crippen LogP contribution is 2.38. The standard InChI is InChI=1S/C17H16N2O9S/c1-3-27-17(20)16(28-29(25,26)12-9-7-11(2)8-10-12)15-13(18(21)22)5-4-6-14(15)19(23)24/h4-10,16H,3H2,1-2H3. The summed E-state index contributed by atoms with van der Waals surface area (Å²) in [4.78, 5) is 32.9. The minimum absolute atomic E-state index is 0.211. The Hall–Kier alpha value is -3.38. The number of hydrogen-bond donors (Lipinski definition) is 0. The molecule has 0 saturated heterocycles. The van der Waals surface area contributed by atoms with E-state index < -0.39 is 49.0 Å². The molecule has 0 saturated carbocycles. The molecule has 0 aliphatic heterocycles. The number of nitrogens with zero attached hydrogens (tertiary/aromatic N) is 2. The van der Waals surface area contributed by atoms with E-state index in [0.29, 0.717) is 0 Å². The molecule has 1 atom stereocenters. The van der Waals surface area contributed by atoms with Crippen molar-refractivity contribution < 1.29 is 32.0 Å². The van der Waals surface area contributed by atoms with Crippen molar-refractivity contribution in [1.82, 2.24) is 0 Å². The first-order valence-electron chi connectivity index (χ1n) is 8.16. The quantitative estimate of drug-likeness (QED) is 0.269. The first kappa shape index (κ1) is 21.9. The van der Waals surface area contributed by atoms with Crippen LogP contribution in [-0.4, -0.2) is 30.8 Å². The molecule has 154 valence electrons. The SMILES string of the molecule is CCOC(=O)C(OS(=O)(=O)c1ccc(C)cc1)c1c([N+](=O)[O-])cccc1[N+](=O)[O-]. The maximum atomic E-state index is 12.6. The van der Waals surface area contributed by atoms with Gasteiger partial charge < -0.3 is 4.74 Å². The van der Waals surface area contributed by atoms with E-state index >= 15 is 0 Å². The van der Waals surface area contributed by atoms with Crippen LogP contribution < -0.4 is 0 Å². The molecule has 0 radical (unpaired) electrons. The molecule has 0 N–H and O–H groups in total. The van der Waals surface area contributed by atoms with Gasteiger partial charge >= 0.3 is 5.97 Å². The van der Waals surface area contributed by atoms with E-state index in [0.717, 1.165) is 23.8 Å². The molecular formula is C17H16N2O9S. The van der Waals surface area contributed by atoms with Crippen molar-refractivity contribution >= 4 is 27.5 Å². The van der Waals surface area contributed by atoms with Crippen molar-refractivity contribution in [2.45, 2.75) is 24.8 Å². The maximum Gasteiger partial charge on any atom is 0.342 e. The Morgan fingerprint density at radius 1 is 1.03 bits per heavy atom. The lowest BCUT2D eigenvalue weighted by Crippen LogP contribution is -2.24. The summed E-state index contributed by atoms with van der Waals surface area (Å²) in [5.74, 6) is -1.32. The van der Waals surface area contributed by atoms with Crippen LogP contribution in [-0.2, 0) is 23.8 Å². The van der Waals surface area contributed by atoms with Gasteiger partial charge in [0, 0.05) is 12.1 Å². The lowest BCUT2D eigenvalue weighted by molar-refractivity contribution is -0.396. The molecule has 0 bridgehead atoms. The average Bonchev–Trinajstić information content (AvgIpc) is 2.66. The van der Waals surface area contributed by atoms with Crippen LogP contribution in [0.25, 0.3) is 0 Å². The van der Waals surface area contributed by atoms with Gasteiger partial charge in [-0.25, -0.2) is 8.98 Å². The number of nitro benzene ring substituents is 2. The second-order valence-electron chi connectivity index (χ2n) is 5.72. The van der Waals surface area contributed by atoms with Crippen molar-refractivity contribution in [2.75, 3.05) is 6.61 Å². The number of rotatable bonds is 8. The third-order valence-corrected chi connectivity index (χ3v) is 5.04. The molecule has 0 heterocycles. The van der Waals surface area contributed by atoms with Gasteiger partial charge in [-0.05, 0) is 32.0 Å². The molecular weight excluding hydrogens is 408 g/mol. The van der Waals surface area contributed by atoms with E-state index in [1.54, 1.807) is 6.92 Å². The van der Waals surface area contributed by atoms with Crippen LogP contribution >= 0.6 is 0 Å². The Bertz CT molecular complexity index is 1020. The first-order valence-corrected chi connectivity index (χ1v) is 9.57. The fraction of sp³-hybridized carbons (Fsp3) is 0.235. The summed E-state index contributed by atoms with van der Waals surface area (Å²) in [5, 5.41) is 22.8. The highest BCUT2D eigenvalue weighted by atomic mass is 32.2. The number of esters is 1. The first-order chi connectivity index (χ1) is 13.6. The Morgan fingerprint density at radius 3 is 2.00 bits per heavy atom. The van der Waals surface area contributed by atoms with Crippen molar-refractivity contribution in [3.63, 3.8) is 0 Å². The van der Waals surface area contributed by atoms with Crippen LogP contribution in [0.2, 0.25) is 0 Å². The molecule has 11 nitrogen and oxygen atoms in total. The summed E-state index contributed by atoms with van der Waals surface area (Å²) in [6, 6.07) is 8.21. The highest BCUT2D eigenvalue weighted by molar-refractivity contribution is 7.86. The minimum Gasteiger partial charge on any atom is -0.464 e. The molecule has 2 rings (SSSR count). The van der Waals surface area contributed by atoms with E-state index in [9.17, 15) is 33.4 Å². The molecule has 0 spiro atoms. The zero-order valence-electron chi connectivity index (χ0n) is 15.3. The van der Waals surface area contributed by atoms with Crippen molar-refractivity contribution in [3.8, 4) is 0 Å². The summed E-state index contributed by atoms with van der Waals surface area (Å²) < 4.78 is 34.9. The lowest BCUT2D eigenvalue weighted by atomic mass is 10.0. The van der Waals surface area contributed by atoms with E-state index in [4.69, 9.17) is 8.92 Å². The zero-order chi connectivity index (χ0) is 21.8. The predicted octanol–water partition coefficient (Wildman–Crippen LogP) is 2.82. The summed E-state index contributed by atoms with van der Waals surface area (Å²) in [7, 11) is -4.62. The van der Waals surface area contributed by atoms with E-state index in [1.165, 1.54) is 31.2 Å². The minimum atomic E-state index is -4.62. The predicted molar refractivity (Wildman–Crippen MR) is 98.6 cm³/mol. The smallest absolute Gasteiger partial charge is 0.342 e. The topological polar surface area (TPSA) is 156 Å². The molecule has 0 aliphatic carbocycles. The number of carbonyl (C=O) groups is 1. The summed E-state index contributed by atoms with van der Waals surface area (Å²) in [5.41, 5.74) is -1.77. The molecule has 0 aromatic heterocycles. The highest BCUT2D eigenvalue weighted by Gasteiger charge is 2.40. The monoisotopic (exact) mass is 424 g/mol. The number of hydrogen-bond acceptors (Lipinski definition) is 9. The Kier molecular flexibility index (Phi) is 6.61. The van der Waals surface area contributed by atoms with Gasteiger partial charge in [0.2, 0.25) is 6.10 Å². The summed E-state index contributed by atoms with van der Waals surface area (Å²) in [6.45, 7) is 2.92. The molecule has 0 aliphatic rings.